The Hall–Kier alpha value is -1.90. The van der Waals surface area contributed by atoms with Gasteiger partial charge in [0.15, 0.2) is 0 Å². The van der Waals surface area contributed by atoms with Gasteiger partial charge in [-0.1, -0.05) is 0 Å². The molecule has 1 aromatic rings. The lowest BCUT2D eigenvalue weighted by Gasteiger charge is -2.37. The minimum Gasteiger partial charge on any atom is -0.369 e. The summed E-state index contributed by atoms with van der Waals surface area (Å²) in [4.78, 5) is 14.0. The van der Waals surface area contributed by atoms with Gasteiger partial charge in [0.2, 0.25) is 11.7 Å². The average molecular weight is 344 g/mol. The van der Waals surface area contributed by atoms with E-state index in [1.54, 1.807) is 6.20 Å². The van der Waals surface area contributed by atoms with Crippen molar-refractivity contribution >= 4 is 11.8 Å². The number of hydrazine groups is 1. The molecule has 4 heterocycles. The van der Waals surface area contributed by atoms with Crippen LogP contribution in [0.2, 0.25) is 0 Å². The number of piperidine rings is 1. The Labute approximate surface area is 148 Å². The first-order valence-corrected chi connectivity index (χ1v) is 9.19. The number of aliphatic imine (C=N–C) groups is 1. The van der Waals surface area contributed by atoms with Gasteiger partial charge in [0, 0.05) is 30.9 Å². The van der Waals surface area contributed by atoms with Gasteiger partial charge in [0.05, 0.1) is 0 Å². The van der Waals surface area contributed by atoms with E-state index in [1.165, 1.54) is 38.8 Å². The number of nitrogens with one attached hydrogen (secondary N) is 2. The van der Waals surface area contributed by atoms with Gasteiger partial charge in [-0.15, -0.1) is 0 Å². The highest BCUT2D eigenvalue weighted by Crippen LogP contribution is 2.28. The Balaban J connectivity index is 1.45. The quantitative estimate of drug-likeness (QED) is 0.609. The topological polar surface area (TPSA) is 108 Å². The molecular formula is C17H28N8. The molecule has 136 valence electrons. The molecule has 25 heavy (non-hydrogen) atoms. The highest BCUT2D eigenvalue weighted by molar-refractivity contribution is 5.79. The Morgan fingerprint density at radius 3 is 2.52 bits per heavy atom. The van der Waals surface area contributed by atoms with Crippen molar-refractivity contribution in [1.82, 2.24) is 20.7 Å². The molecule has 1 atom stereocenters. The number of aromatic nitrogens is 1. The van der Waals surface area contributed by atoms with Crippen LogP contribution in [0.25, 0.3) is 0 Å². The third-order valence-electron chi connectivity index (χ3n) is 5.59. The number of guanidine groups is 1. The van der Waals surface area contributed by atoms with Gasteiger partial charge in [0.1, 0.15) is 5.82 Å². The van der Waals surface area contributed by atoms with Crippen molar-refractivity contribution in [3.63, 3.8) is 0 Å². The van der Waals surface area contributed by atoms with E-state index in [4.69, 9.17) is 16.5 Å². The van der Waals surface area contributed by atoms with Crippen LogP contribution in [0.1, 0.15) is 36.8 Å². The van der Waals surface area contributed by atoms with E-state index in [-0.39, 0.29) is 5.96 Å². The molecular weight excluding hydrogens is 316 g/mol. The smallest absolute Gasteiger partial charge is 0.210 e. The molecule has 0 aromatic carbocycles. The summed E-state index contributed by atoms with van der Waals surface area (Å²) in [6.07, 6.45) is 6.95. The number of hydrogen-bond acceptors (Lipinski definition) is 8. The lowest BCUT2D eigenvalue weighted by Crippen LogP contribution is -2.50. The first kappa shape index (κ1) is 16.6. The molecule has 3 aliphatic heterocycles. The van der Waals surface area contributed by atoms with E-state index in [0.29, 0.717) is 0 Å². The summed E-state index contributed by atoms with van der Waals surface area (Å²) >= 11 is 0. The van der Waals surface area contributed by atoms with Crippen LogP contribution in [0.3, 0.4) is 0 Å². The van der Waals surface area contributed by atoms with E-state index < -0.39 is 5.79 Å². The third-order valence-corrected chi connectivity index (χ3v) is 5.59. The van der Waals surface area contributed by atoms with Crippen LogP contribution in [-0.4, -0.2) is 48.1 Å². The van der Waals surface area contributed by atoms with Crippen molar-refractivity contribution in [2.45, 2.75) is 44.4 Å². The molecule has 4 rings (SSSR count). The fourth-order valence-corrected chi connectivity index (χ4v) is 4.20. The largest absolute Gasteiger partial charge is 0.369 e. The number of anilines is 1. The summed E-state index contributed by atoms with van der Waals surface area (Å²) < 4.78 is 0. The molecule has 0 radical (unpaired) electrons. The number of pyridine rings is 1. The van der Waals surface area contributed by atoms with Gasteiger partial charge >= 0.3 is 0 Å². The highest BCUT2D eigenvalue weighted by atomic mass is 15.6. The Kier molecular flexibility index (Phi) is 4.26. The maximum atomic E-state index is 6.26. The van der Waals surface area contributed by atoms with E-state index in [2.05, 4.69) is 32.6 Å². The summed E-state index contributed by atoms with van der Waals surface area (Å²) in [5, 5.41) is 0. The molecule has 1 unspecified atom stereocenters. The molecule has 0 bridgehead atoms. The van der Waals surface area contributed by atoms with Crippen molar-refractivity contribution < 1.29 is 0 Å². The lowest BCUT2D eigenvalue weighted by atomic mass is 10.0. The van der Waals surface area contributed by atoms with Crippen molar-refractivity contribution in [3.05, 3.63) is 23.4 Å². The molecule has 2 saturated heterocycles. The average Bonchev–Trinajstić information content (AvgIpc) is 3.26. The summed E-state index contributed by atoms with van der Waals surface area (Å²) in [5.41, 5.74) is 19.5. The minimum atomic E-state index is -1.05. The van der Waals surface area contributed by atoms with E-state index in [1.807, 2.05) is 6.07 Å². The fraction of sp³-hybridized carbons (Fsp3) is 0.647. The maximum Gasteiger partial charge on any atom is 0.210 e. The summed E-state index contributed by atoms with van der Waals surface area (Å²) in [5.74, 6) is 0.284. The standard InChI is InChI=1S/C17H28N8/c1-12-10-13(17(19)21-16(18)22-23-17)11-20-15(12)25-8-4-14(5-9-25)24-6-2-3-7-24/h10-11,14,23H,2-9,19H2,1H3,(H3,18,21,22). The van der Waals surface area contributed by atoms with Crippen LogP contribution in [-0.2, 0) is 5.79 Å². The Morgan fingerprint density at radius 1 is 1.20 bits per heavy atom. The Morgan fingerprint density at radius 2 is 1.92 bits per heavy atom. The SMILES string of the molecule is Cc1cc(C2(N)N=C(N)NN2)cnc1N1CCC(N2CCCC2)CC1. The Bertz CT molecular complexity index is 661. The van der Waals surface area contributed by atoms with E-state index in [9.17, 15) is 0 Å². The second kappa shape index (κ2) is 6.44. The number of hydrogen-bond donors (Lipinski definition) is 4. The third kappa shape index (κ3) is 3.17. The number of nitrogens with two attached hydrogens (primary N) is 2. The maximum absolute atomic E-state index is 6.26. The molecule has 0 aliphatic carbocycles. The molecule has 0 amide bonds. The zero-order chi connectivity index (χ0) is 17.4. The lowest BCUT2D eigenvalue weighted by molar-refractivity contribution is 0.207. The summed E-state index contributed by atoms with van der Waals surface area (Å²) in [7, 11) is 0. The zero-order valence-corrected chi connectivity index (χ0v) is 14.8. The van der Waals surface area contributed by atoms with E-state index in [0.717, 1.165) is 36.1 Å². The van der Waals surface area contributed by atoms with Gasteiger partial charge in [0.25, 0.3) is 0 Å². The van der Waals surface area contributed by atoms with Crippen molar-refractivity contribution in [3.8, 4) is 0 Å². The van der Waals surface area contributed by atoms with E-state index >= 15 is 0 Å². The van der Waals surface area contributed by atoms with Crippen molar-refractivity contribution in [2.75, 3.05) is 31.1 Å². The fourth-order valence-electron chi connectivity index (χ4n) is 4.20. The first-order chi connectivity index (χ1) is 12.0. The second-order valence-corrected chi connectivity index (χ2v) is 7.34. The van der Waals surface area contributed by atoms with Crippen molar-refractivity contribution in [1.29, 1.82) is 0 Å². The van der Waals surface area contributed by atoms with Crippen LogP contribution in [0.4, 0.5) is 5.82 Å². The molecule has 3 aliphatic rings. The number of aryl methyl sites for hydroxylation is 1. The molecule has 6 N–H and O–H groups in total. The van der Waals surface area contributed by atoms with Gasteiger partial charge < -0.3 is 15.5 Å². The van der Waals surface area contributed by atoms with Gasteiger partial charge in [-0.3, -0.25) is 11.2 Å². The normalized spacial score (nSPS) is 28.2. The van der Waals surface area contributed by atoms with Crippen LogP contribution in [0.5, 0.6) is 0 Å². The second-order valence-electron chi connectivity index (χ2n) is 7.34. The summed E-state index contributed by atoms with van der Waals surface area (Å²) in [6.45, 7) is 6.76. The zero-order valence-electron chi connectivity index (χ0n) is 14.8. The monoisotopic (exact) mass is 344 g/mol. The first-order valence-electron chi connectivity index (χ1n) is 9.19. The molecule has 0 saturated carbocycles. The molecule has 0 spiro atoms. The van der Waals surface area contributed by atoms with Crippen LogP contribution in [0, 0.1) is 6.92 Å². The predicted octanol–water partition coefficient (Wildman–Crippen LogP) is -0.0539. The van der Waals surface area contributed by atoms with Gasteiger partial charge in [-0.25, -0.2) is 9.98 Å². The minimum absolute atomic E-state index is 0.285. The molecule has 1 aromatic heterocycles. The van der Waals surface area contributed by atoms with Gasteiger partial charge in [-0.2, -0.15) is 5.43 Å². The predicted molar refractivity (Wildman–Crippen MR) is 98.8 cm³/mol. The molecule has 8 nitrogen and oxygen atoms in total. The number of nitrogens with zero attached hydrogens (tertiary/aromatic N) is 4. The van der Waals surface area contributed by atoms with Crippen LogP contribution < -0.4 is 27.2 Å². The van der Waals surface area contributed by atoms with Crippen LogP contribution >= 0.6 is 0 Å². The molecule has 2 fully saturated rings. The number of likely N-dealkylation sites (tertiary alicyclic amines) is 1. The van der Waals surface area contributed by atoms with Crippen LogP contribution in [0.15, 0.2) is 17.3 Å². The van der Waals surface area contributed by atoms with Crippen molar-refractivity contribution in [2.24, 2.45) is 16.5 Å². The number of rotatable bonds is 3. The summed E-state index contributed by atoms with van der Waals surface area (Å²) in [6, 6.07) is 2.79. The highest BCUT2D eigenvalue weighted by Gasteiger charge is 2.33. The molecule has 8 heteroatoms. The van der Waals surface area contributed by atoms with Gasteiger partial charge in [-0.05, 0) is 57.3 Å².